The van der Waals surface area contributed by atoms with Gasteiger partial charge in [-0.15, -0.1) is 0 Å². The monoisotopic (exact) mass is 478 g/mol. The third-order valence-electron chi connectivity index (χ3n) is 4.43. The van der Waals surface area contributed by atoms with Gasteiger partial charge in [-0.05, 0) is 30.3 Å². The number of methoxy groups -OCH3 is 2. The van der Waals surface area contributed by atoms with Crippen molar-refractivity contribution < 1.29 is 23.9 Å². The maximum atomic E-state index is 13.1. The molecule has 0 saturated carbocycles. The summed E-state index contributed by atoms with van der Waals surface area (Å²) in [6.45, 7) is 0.399. The van der Waals surface area contributed by atoms with E-state index in [2.05, 4.69) is 16.1 Å². The van der Waals surface area contributed by atoms with Gasteiger partial charge in [0.05, 0.1) is 24.4 Å². The Balaban J connectivity index is 1.97. The SMILES string of the molecule is COCCNC(=O)C(=O)Nn1c(C(=O)Nc2ccc(Cl)cc2Cl)cc2cccc(OC)c21. The van der Waals surface area contributed by atoms with E-state index in [-0.39, 0.29) is 23.9 Å². The van der Waals surface area contributed by atoms with Gasteiger partial charge in [0, 0.05) is 24.1 Å². The minimum absolute atomic E-state index is 0.0496. The van der Waals surface area contributed by atoms with Crippen LogP contribution in [0.4, 0.5) is 5.69 Å². The van der Waals surface area contributed by atoms with E-state index in [0.29, 0.717) is 27.4 Å². The number of nitrogens with one attached hydrogen (secondary N) is 3. The van der Waals surface area contributed by atoms with Crippen LogP contribution in [0.25, 0.3) is 10.9 Å². The number of carbonyl (C=O) groups excluding carboxylic acids is 3. The Kier molecular flexibility index (Phi) is 7.57. The van der Waals surface area contributed by atoms with Crippen LogP contribution in [0.15, 0.2) is 42.5 Å². The van der Waals surface area contributed by atoms with Gasteiger partial charge in [-0.25, -0.2) is 4.68 Å². The molecule has 0 radical (unpaired) electrons. The Morgan fingerprint density at radius 1 is 1.03 bits per heavy atom. The van der Waals surface area contributed by atoms with Crippen LogP contribution in [0.5, 0.6) is 5.75 Å². The van der Waals surface area contributed by atoms with Gasteiger partial charge in [0.1, 0.15) is 17.0 Å². The lowest BCUT2D eigenvalue weighted by Crippen LogP contribution is -2.40. The smallest absolute Gasteiger partial charge is 0.328 e. The number of anilines is 1. The van der Waals surface area contributed by atoms with Crippen LogP contribution in [0.2, 0.25) is 10.0 Å². The van der Waals surface area contributed by atoms with Crippen molar-refractivity contribution in [3.63, 3.8) is 0 Å². The number of hydrogen-bond donors (Lipinski definition) is 3. The first kappa shape index (κ1) is 23.4. The van der Waals surface area contributed by atoms with Gasteiger partial charge in [-0.3, -0.25) is 19.8 Å². The molecule has 0 atom stereocenters. The standard InChI is InChI=1S/C21H20Cl2N4O5/c1-31-9-8-24-20(29)21(30)26-27-16(10-12-4-3-5-17(32-2)18(12)27)19(28)25-15-7-6-13(22)11-14(15)23/h3-7,10-11H,8-9H2,1-2H3,(H,24,29)(H,25,28)(H,26,30). The van der Waals surface area contributed by atoms with Crippen molar-refractivity contribution in [2.45, 2.75) is 0 Å². The predicted molar refractivity (Wildman–Crippen MR) is 122 cm³/mol. The number of nitrogens with zero attached hydrogens (tertiary/aromatic N) is 1. The Hall–Kier alpha value is -3.27. The van der Waals surface area contributed by atoms with E-state index in [1.807, 2.05) is 0 Å². The molecule has 0 aliphatic heterocycles. The normalized spacial score (nSPS) is 10.6. The Bertz CT molecular complexity index is 1180. The van der Waals surface area contributed by atoms with Crippen molar-refractivity contribution in [2.75, 3.05) is 38.1 Å². The number of aromatic nitrogens is 1. The van der Waals surface area contributed by atoms with Crippen molar-refractivity contribution in [2.24, 2.45) is 0 Å². The van der Waals surface area contributed by atoms with Gasteiger partial charge in [0.15, 0.2) is 0 Å². The summed E-state index contributed by atoms with van der Waals surface area (Å²) in [6.07, 6.45) is 0. The van der Waals surface area contributed by atoms with Crippen LogP contribution >= 0.6 is 23.2 Å². The fourth-order valence-electron chi connectivity index (χ4n) is 2.95. The van der Waals surface area contributed by atoms with E-state index in [4.69, 9.17) is 32.7 Å². The maximum Gasteiger partial charge on any atom is 0.328 e. The van der Waals surface area contributed by atoms with Crippen LogP contribution in [-0.2, 0) is 14.3 Å². The van der Waals surface area contributed by atoms with Crippen molar-refractivity contribution >= 4 is 57.5 Å². The van der Waals surface area contributed by atoms with Gasteiger partial charge < -0.3 is 20.1 Å². The lowest BCUT2D eigenvalue weighted by atomic mass is 10.2. The number of para-hydroxylation sites is 1. The fraction of sp³-hybridized carbons (Fsp3) is 0.190. The quantitative estimate of drug-likeness (QED) is 0.357. The minimum atomic E-state index is -0.969. The highest BCUT2D eigenvalue weighted by Crippen LogP contribution is 2.30. The van der Waals surface area contributed by atoms with Crippen LogP contribution in [0, 0.1) is 0 Å². The highest BCUT2D eigenvalue weighted by molar-refractivity contribution is 6.38. The predicted octanol–water partition coefficient (Wildman–Crippen LogP) is 3.04. The molecule has 9 nitrogen and oxygen atoms in total. The van der Waals surface area contributed by atoms with Crippen molar-refractivity contribution in [1.29, 1.82) is 0 Å². The van der Waals surface area contributed by atoms with E-state index in [9.17, 15) is 14.4 Å². The highest BCUT2D eigenvalue weighted by Gasteiger charge is 2.23. The molecule has 168 valence electrons. The zero-order valence-electron chi connectivity index (χ0n) is 17.2. The summed E-state index contributed by atoms with van der Waals surface area (Å²) in [7, 11) is 2.93. The molecule has 1 aromatic heterocycles. The third-order valence-corrected chi connectivity index (χ3v) is 4.98. The molecule has 0 spiro atoms. The summed E-state index contributed by atoms with van der Waals surface area (Å²) < 4.78 is 11.4. The molecule has 11 heteroatoms. The number of amides is 3. The number of rotatable bonds is 7. The largest absolute Gasteiger partial charge is 0.494 e. The molecule has 1 heterocycles. The van der Waals surface area contributed by atoms with Gasteiger partial charge in [-0.1, -0.05) is 35.3 Å². The molecule has 3 amide bonds. The highest BCUT2D eigenvalue weighted by atomic mass is 35.5. The van der Waals surface area contributed by atoms with Gasteiger partial charge >= 0.3 is 11.8 Å². The molecular formula is C21H20Cl2N4O5. The van der Waals surface area contributed by atoms with Gasteiger partial charge in [0.25, 0.3) is 5.91 Å². The molecule has 0 aliphatic rings. The number of carbonyl (C=O) groups is 3. The summed E-state index contributed by atoms with van der Waals surface area (Å²) in [6, 6.07) is 11.3. The van der Waals surface area contributed by atoms with Crippen LogP contribution in [0.1, 0.15) is 10.5 Å². The summed E-state index contributed by atoms with van der Waals surface area (Å²) >= 11 is 12.1. The van der Waals surface area contributed by atoms with E-state index < -0.39 is 17.7 Å². The number of fused-ring (bicyclic) bond motifs is 1. The zero-order valence-corrected chi connectivity index (χ0v) is 18.7. The number of halogens is 2. The van der Waals surface area contributed by atoms with E-state index in [1.54, 1.807) is 36.4 Å². The Labute approximate surface area is 193 Å². The van der Waals surface area contributed by atoms with Crippen molar-refractivity contribution in [3.05, 3.63) is 58.2 Å². The first-order valence-electron chi connectivity index (χ1n) is 9.38. The van der Waals surface area contributed by atoms with Gasteiger partial charge in [-0.2, -0.15) is 0 Å². The topological polar surface area (TPSA) is 111 Å². The molecule has 2 aromatic carbocycles. The van der Waals surface area contributed by atoms with Crippen LogP contribution in [0.3, 0.4) is 0 Å². The fourth-order valence-corrected chi connectivity index (χ4v) is 3.41. The zero-order chi connectivity index (χ0) is 23.3. The second-order valence-electron chi connectivity index (χ2n) is 6.53. The number of ether oxygens (including phenoxy) is 2. The molecular weight excluding hydrogens is 459 g/mol. The van der Waals surface area contributed by atoms with Crippen molar-refractivity contribution in [3.8, 4) is 5.75 Å². The second-order valence-corrected chi connectivity index (χ2v) is 7.37. The first-order valence-corrected chi connectivity index (χ1v) is 10.1. The first-order chi connectivity index (χ1) is 15.3. The molecule has 3 rings (SSSR count). The Morgan fingerprint density at radius 2 is 1.81 bits per heavy atom. The Morgan fingerprint density at radius 3 is 2.50 bits per heavy atom. The molecule has 0 aliphatic carbocycles. The van der Waals surface area contributed by atoms with E-state index in [0.717, 1.165) is 0 Å². The lowest BCUT2D eigenvalue weighted by Gasteiger charge is -2.14. The molecule has 0 unspecified atom stereocenters. The molecule has 0 saturated heterocycles. The van der Waals surface area contributed by atoms with E-state index >= 15 is 0 Å². The average Bonchev–Trinajstić information content (AvgIpc) is 3.14. The second kappa shape index (κ2) is 10.4. The van der Waals surface area contributed by atoms with Crippen LogP contribution < -0.4 is 20.8 Å². The molecule has 3 N–H and O–H groups in total. The molecule has 0 bridgehead atoms. The number of benzene rings is 2. The third kappa shape index (κ3) is 5.13. The summed E-state index contributed by atoms with van der Waals surface area (Å²) in [5.41, 5.74) is 3.24. The van der Waals surface area contributed by atoms with Gasteiger partial charge in [0.2, 0.25) is 0 Å². The molecule has 32 heavy (non-hydrogen) atoms. The summed E-state index contributed by atoms with van der Waals surface area (Å²) in [4.78, 5) is 37.7. The molecule has 0 fully saturated rings. The van der Waals surface area contributed by atoms with Crippen molar-refractivity contribution in [1.82, 2.24) is 9.99 Å². The number of hydrogen-bond acceptors (Lipinski definition) is 5. The molecule has 3 aromatic rings. The maximum absolute atomic E-state index is 13.1. The summed E-state index contributed by atoms with van der Waals surface area (Å²) in [5.74, 6) is -2.03. The minimum Gasteiger partial charge on any atom is -0.494 e. The van der Waals surface area contributed by atoms with Crippen LogP contribution in [-0.4, -0.2) is 49.8 Å². The average molecular weight is 479 g/mol. The lowest BCUT2D eigenvalue weighted by molar-refractivity contribution is -0.136. The summed E-state index contributed by atoms with van der Waals surface area (Å²) in [5, 5.41) is 6.37. The van der Waals surface area contributed by atoms with E-state index in [1.165, 1.54) is 25.0 Å².